The summed E-state index contributed by atoms with van der Waals surface area (Å²) in [6.07, 6.45) is 0. The van der Waals surface area contributed by atoms with Gasteiger partial charge >= 0.3 is 0 Å². The second-order valence-corrected chi connectivity index (χ2v) is 8.20. The molecular formula is C17H17N3O2S2. The van der Waals surface area contributed by atoms with Crippen molar-refractivity contribution in [1.29, 1.82) is 0 Å². The Morgan fingerprint density at radius 1 is 1.17 bits per heavy atom. The highest BCUT2D eigenvalue weighted by molar-refractivity contribution is 7.26. The third-order valence-electron chi connectivity index (χ3n) is 3.69. The summed E-state index contributed by atoms with van der Waals surface area (Å²) in [5.74, 6) is -0.647. The normalized spacial score (nSPS) is 11.6. The van der Waals surface area contributed by atoms with E-state index in [1.165, 1.54) is 11.3 Å². The first kappa shape index (κ1) is 16.6. The lowest BCUT2D eigenvalue weighted by Crippen LogP contribution is -2.42. The Bertz CT molecular complexity index is 878. The molecule has 0 saturated heterocycles. The van der Waals surface area contributed by atoms with Crippen molar-refractivity contribution in [3.63, 3.8) is 0 Å². The molecule has 5 nitrogen and oxygen atoms in total. The fraction of sp³-hybridized carbons (Fsp3) is 0.235. The number of nitrogens with one attached hydrogen (secondary N) is 1. The first-order chi connectivity index (χ1) is 11.4. The second-order valence-electron chi connectivity index (χ2n) is 6.08. The summed E-state index contributed by atoms with van der Waals surface area (Å²) in [4.78, 5) is 29.7. The van der Waals surface area contributed by atoms with Gasteiger partial charge in [-0.15, -0.1) is 22.7 Å². The van der Waals surface area contributed by atoms with Crippen molar-refractivity contribution in [3.05, 3.63) is 41.3 Å². The lowest BCUT2D eigenvalue weighted by Gasteiger charge is -2.20. The number of nitrogens with two attached hydrogens (primary N) is 1. The van der Waals surface area contributed by atoms with Gasteiger partial charge in [-0.05, 0) is 38.1 Å². The number of hydrogen-bond donors (Lipinski definition) is 2. The van der Waals surface area contributed by atoms with E-state index in [1.54, 1.807) is 31.3 Å². The fourth-order valence-electron chi connectivity index (χ4n) is 2.03. The Labute approximate surface area is 147 Å². The minimum atomic E-state index is -0.775. The number of fused-ring (bicyclic) bond motifs is 1. The van der Waals surface area contributed by atoms with E-state index in [2.05, 4.69) is 10.3 Å². The fourth-order valence-corrected chi connectivity index (χ4v) is 3.97. The number of para-hydroxylation sites is 1. The monoisotopic (exact) mass is 359 g/mol. The average Bonchev–Trinajstić information content (AvgIpc) is 3.18. The van der Waals surface area contributed by atoms with E-state index in [0.717, 1.165) is 20.1 Å². The Balaban J connectivity index is 1.75. The molecule has 0 atom stereocenters. The van der Waals surface area contributed by atoms with Crippen LogP contribution in [0.25, 0.3) is 20.1 Å². The molecule has 0 spiro atoms. The molecule has 2 heterocycles. The van der Waals surface area contributed by atoms with Crippen LogP contribution < -0.4 is 11.1 Å². The Kier molecular flexibility index (Phi) is 4.38. The van der Waals surface area contributed by atoms with E-state index in [9.17, 15) is 9.59 Å². The van der Waals surface area contributed by atoms with Gasteiger partial charge in [-0.1, -0.05) is 12.1 Å². The first-order valence-electron chi connectivity index (χ1n) is 7.41. The highest BCUT2D eigenvalue weighted by atomic mass is 32.1. The lowest BCUT2D eigenvalue weighted by atomic mass is 9.93. The number of hydrogen-bond acceptors (Lipinski definition) is 5. The SMILES string of the molecule is CC(C)(CNC(=O)c1ccc(-c2nc3ccccc3s2)s1)C(N)=O. The number of rotatable bonds is 5. The Morgan fingerprint density at radius 3 is 2.62 bits per heavy atom. The average molecular weight is 359 g/mol. The van der Waals surface area contributed by atoms with Crippen molar-refractivity contribution in [2.75, 3.05) is 6.54 Å². The van der Waals surface area contributed by atoms with E-state index in [4.69, 9.17) is 5.73 Å². The maximum atomic E-state index is 12.3. The van der Waals surface area contributed by atoms with Crippen molar-refractivity contribution in [3.8, 4) is 9.88 Å². The van der Waals surface area contributed by atoms with Gasteiger partial charge in [-0.3, -0.25) is 9.59 Å². The van der Waals surface area contributed by atoms with Crippen LogP contribution in [0, 0.1) is 5.41 Å². The second kappa shape index (κ2) is 6.33. The molecular weight excluding hydrogens is 342 g/mol. The molecule has 24 heavy (non-hydrogen) atoms. The van der Waals surface area contributed by atoms with Crippen LogP contribution in [0.15, 0.2) is 36.4 Å². The van der Waals surface area contributed by atoms with Crippen molar-refractivity contribution in [2.24, 2.45) is 11.1 Å². The zero-order chi connectivity index (χ0) is 17.3. The number of nitrogens with zero attached hydrogens (tertiary/aromatic N) is 1. The van der Waals surface area contributed by atoms with Gasteiger partial charge in [0.05, 0.1) is 25.4 Å². The molecule has 124 valence electrons. The maximum Gasteiger partial charge on any atom is 0.261 e. The summed E-state index contributed by atoms with van der Waals surface area (Å²) < 4.78 is 1.12. The summed E-state index contributed by atoms with van der Waals surface area (Å²) >= 11 is 2.99. The van der Waals surface area contributed by atoms with Gasteiger partial charge in [-0.25, -0.2) is 4.98 Å². The standard InChI is InChI=1S/C17H17N3O2S2/c1-17(2,16(18)22)9-19-14(21)12-7-8-13(23-12)15-20-10-5-3-4-6-11(10)24-15/h3-8H,9H2,1-2H3,(H2,18,22)(H,19,21). The third kappa shape index (κ3) is 3.32. The van der Waals surface area contributed by atoms with Crippen LogP contribution in [0.3, 0.4) is 0 Å². The molecule has 0 aliphatic heterocycles. The van der Waals surface area contributed by atoms with Crippen molar-refractivity contribution >= 4 is 44.7 Å². The predicted octanol–water partition coefficient (Wildman–Crippen LogP) is 3.27. The van der Waals surface area contributed by atoms with Gasteiger partial charge in [0.15, 0.2) is 0 Å². The smallest absolute Gasteiger partial charge is 0.261 e. The topological polar surface area (TPSA) is 85.1 Å². The van der Waals surface area contributed by atoms with E-state index >= 15 is 0 Å². The van der Waals surface area contributed by atoms with Crippen LogP contribution in [0.2, 0.25) is 0 Å². The molecule has 3 aromatic rings. The zero-order valence-electron chi connectivity index (χ0n) is 13.3. The molecule has 0 unspecified atom stereocenters. The minimum absolute atomic E-state index is 0.204. The predicted molar refractivity (Wildman–Crippen MR) is 98.2 cm³/mol. The number of primary amides is 1. The zero-order valence-corrected chi connectivity index (χ0v) is 15.0. The Morgan fingerprint density at radius 2 is 1.92 bits per heavy atom. The number of amides is 2. The molecule has 0 aliphatic carbocycles. The van der Waals surface area contributed by atoms with E-state index in [-0.39, 0.29) is 12.5 Å². The minimum Gasteiger partial charge on any atom is -0.369 e. The van der Waals surface area contributed by atoms with Gasteiger partial charge in [0.1, 0.15) is 5.01 Å². The molecule has 0 aliphatic rings. The molecule has 3 rings (SSSR count). The Hall–Kier alpha value is -2.25. The molecule has 1 aromatic carbocycles. The number of benzene rings is 1. The van der Waals surface area contributed by atoms with Gasteiger partial charge in [0, 0.05) is 6.54 Å². The number of thiophene rings is 1. The molecule has 2 aromatic heterocycles. The highest BCUT2D eigenvalue weighted by Crippen LogP contribution is 2.34. The largest absolute Gasteiger partial charge is 0.369 e. The molecule has 0 bridgehead atoms. The number of aromatic nitrogens is 1. The number of carbonyl (C=O) groups excluding carboxylic acids is 2. The summed E-state index contributed by atoms with van der Waals surface area (Å²) in [6, 6.07) is 11.6. The molecule has 7 heteroatoms. The van der Waals surface area contributed by atoms with Crippen LogP contribution in [0.5, 0.6) is 0 Å². The van der Waals surface area contributed by atoms with Crippen LogP contribution in [-0.2, 0) is 4.79 Å². The quantitative estimate of drug-likeness (QED) is 0.733. The van der Waals surface area contributed by atoms with Crippen LogP contribution in [-0.4, -0.2) is 23.3 Å². The molecule has 0 radical (unpaired) electrons. The van der Waals surface area contributed by atoms with E-state index in [1.807, 2.05) is 30.3 Å². The van der Waals surface area contributed by atoms with Crippen LogP contribution in [0.4, 0.5) is 0 Å². The number of carbonyl (C=O) groups is 2. The molecule has 2 amide bonds. The summed E-state index contributed by atoms with van der Waals surface area (Å²) in [5.41, 5.74) is 5.50. The highest BCUT2D eigenvalue weighted by Gasteiger charge is 2.26. The van der Waals surface area contributed by atoms with Gasteiger partial charge < -0.3 is 11.1 Å². The number of thiazole rings is 1. The summed E-state index contributed by atoms with van der Waals surface area (Å²) in [7, 11) is 0. The summed E-state index contributed by atoms with van der Waals surface area (Å²) in [5, 5.41) is 3.67. The van der Waals surface area contributed by atoms with Crippen molar-refractivity contribution in [2.45, 2.75) is 13.8 Å². The van der Waals surface area contributed by atoms with Crippen LogP contribution in [0.1, 0.15) is 23.5 Å². The van der Waals surface area contributed by atoms with Gasteiger partial charge in [0.2, 0.25) is 5.91 Å². The molecule has 3 N–H and O–H groups in total. The van der Waals surface area contributed by atoms with Gasteiger partial charge in [-0.2, -0.15) is 0 Å². The van der Waals surface area contributed by atoms with Gasteiger partial charge in [0.25, 0.3) is 5.91 Å². The van der Waals surface area contributed by atoms with E-state index < -0.39 is 11.3 Å². The lowest BCUT2D eigenvalue weighted by molar-refractivity contribution is -0.125. The molecule has 0 fully saturated rings. The van der Waals surface area contributed by atoms with Crippen molar-refractivity contribution < 1.29 is 9.59 Å². The third-order valence-corrected chi connectivity index (χ3v) is 5.98. The van der Waals surface area contributed by atoms with Crippen molar-refractivity contribution in [1.82, 2.24) is 10.3 Å². The molecule has 0 saturated carbocycles. The maximum absolute atomic E-state index is 12.3. The van der Waals surface area contributed by atoms with Crippen LogP contribution >= 0.6 is 22.7 Å². The van der Waals surface area contributed by atoms with E-state index in [0.29, 0.717) is 4.88 Å². The summed E-state index contributed by atoms with van der Waals surface area (Å²) in [6.45, 7) is 3.61. The first-order valence-corrected chi connectivity index (χ1v) is 9.04.